The first-order valence-electron chi connectivity index (χ1n) is 7.36. The molecule has 3 rings (SSSR count). The van der Waals surface area contributed by atoms with Crippen molar-refractivity contribution in [3.05, 3.63) is 60.3 Å². The summed E-state index contributed by atoms with van der Waals surface area (Å²) >= 11 is -0.826. The van der Waals surface area contributed by atoms with Gasteiger partial charge in [-0.05, 0) is 24.1 Å². The predicted molar refractivity (Wildman–Crippen MR) is 93.1 cm³/mol. The second kappa shape index (κ2) is 9.55. The van der Waals surface area contributed by atoms with Crippen LogP contribution >= 0.6 is 17.0 Å². The van der Waals surface area contributed by atoms with Gasteiger partial charge in [-0.2, -0.15) is 6.07 Å². The molecule has 1 aromatic heterocycles. The van der Waals surface area contributed by atoms with Crippen LogP contribution in [0.5, 0.6) is 0 Å². The molecule has 0 bridgehead atoms. The summed E-state index contributed by atoms with van der Waals surface area (Å²) in [5.41, 5.74) is 3.74. The van der Waals surface area contributed by atoms with Crippen LogP contribution in [0.25, 0.3) is 22.0 Å². The Balaban J connectivity index is 0.000000545. The number of unbranched alkanes of at least 4 members (excludes halogenated alkanes) is 1. The Morgan fingerprint density at radius 1 is 1.14 bits per heavy atom. The third-order valence-electron chi connectivity index (χ3n) is 3.57. The molecule has 0 aliphatic heterocycles. The summed E-state index contributed by atoms with van der Waals surface area (Å²) in [6.45, 7) is 2.24. The Morgan fingerprint density at radius 2 is 1.95 bits per heavy atom. The second-order valence-corrected chi connectivity index (χ2v) is 8.79. The minimum absolute atomic E-state index is 0.826. The molecule has 0 N–H and O–H groups in total. The van der Waals surface area contributed by atoms with Gasteiger partial charge in [0.05, 0.1) is 5.69 Å². The number of hydrogen-bond donors (Lipinski definition) is 0. The SMILES string of the molecule is CCCCc1cc2c(-c3ccccn3)cccc2[cH-]1.[Cl][Zr][Cl]. The van der Waals surface area contributed by atoms with Gasteiger partial charge < -0.3 is 0 Å². The van der Waals surface area contributed by atoms with Crippen LogP contribution < -0.4 is 0 Å². The van der Waals surface area contributed by atoms with Crippen LogP contribution in [0.2, 0.25) is 0 Å². The number of hydrogen-bond acceptors (Lipinski definition) is 1. The van der Waals surface area contributed by atoms with Crippen LogP contribution in [0.3, 0.4) is 0 Å². The van der Waals surface area contributed by atoms with Gasteiger partial charge in [-0.3, -0.25) is 4.98 Å². The summed E-state index contributed by atoms with van der Waals surface area (Å²) < 4.78 is 0. The molecule has 0 saturated carbocycles. The first kappa shape index (κ1) is 17.8. The number of fused-ring (bicyclic) bond motifs is 1. The molecule has 0 saturated heterocycles. The molecule has 0 aliphatic rings. The van der Waals surface area contributed by atoms with Crippen molar-refractivity contribution in [2.24, 2.45) is 0 Å². The zero-order valence-corrected chi connectivity index (χ0v) is 16.5. The van der Waals surface area contributed by atoms with Gasteiger partial charge in [-0.25, -0.2) is 0 Å². The van der Waals surface area contributed by atoms with Crippen LogP contribution in [-0.2, 0) is 27.3 Å². The van der Waals surface area contributed by atoms with Gasteiger partial charge in [0.25, 0.3) is 0 Å². The Morgan fingerprint density at radius 3 is 2.64 bits per heavy atom. The van der Waals surface area contributed by atoms with Crippen LogP contribution in [0.1, 0.15) is 25.3 Å². The minimum atomic E-state index is -0.826. The first-order chi connectivity index (χ1) is 10.8. The van der Waals surface area contributed by atoms with Gasteiger partial charge in [0, 0.05) is 6.20 Å². The molecule has 0 unspecified atom stereocenters. The van der Waals surface area contributed by atoms with Crippen molar-refractivity contribution in [2.75, 3.05) is 0 Å². The summed E-state index contributed by atoms with van der Waals surface area (Å²) in [6, 6.07) is 17.2. The predicted octanol–water partition coefficient (Wildman–Crippen LogP) is 6.34. The second-order valence-electron chi connectivity index (χ2n) is 5.06. The fourth-order valence-electron chi connectivity index (χ4n) is 2.57. The Hall–Kier alpha value is -0.557. The average molecular weight is 410 g/mol. The fourth-order valence-corrected chi connectivity index (χ4v) is 2.57. The molecule has 1 heterocycles. The summed E-state index contributed by atoms with van der Waals surface area (Å²) in [5.74, 6) is 0. The molecule has 22 heavy (non-hydrogen) atoms. The van der Waals surface area contributed by atoms with Gasteiger partial charge in [0.1, 0.15) is 0 Å². The van der Waals surface area contributed by atoms with E-state index in [0.29, 0.717) is 0 Å². The van der Waals surface area contributed by atoms with E-state index in [1.54, 1.807) is 0 Å². The summed E-state index contributed by atoms with van der Waals surface area (Å²) in [7, 11) is 9.87. The number of halogens is 2. The molecule has 2 aromatic carbocycles. The zero-order valence-electron chi connectivity index (χ0n) is 12.5. The summed E-state index contributed by atoms with van der Waals surface area (Å²) in [5, 5.41) is 2.65. The molecule has 114 valence electrons. The van der Waals surface area contributed by atoms with Gasteiger partial charge in [-0.1, -0.05) is 31.9 Å². The third-order valence-corrected chi connectivity index (χ3v) is 3.57. The molecule has 0 atom stereocenters. The van der Waals surface area contributed by atoms with E-state index < -0.39 is 20.8 Å². The van der Waals surface area contributed by atoms with Crippen molar-refractivity contribution < 1.29 is 20.8 Å². The fraction of sp³-hybridized carbons (Fsp3) is 0.222. The standard InChI is InChI=1S/C18H18N.2ClH.Zr/c1-2-3-7-14-12-15-8-6-9-16(17(15)13-14)18-10-4-5-11-19-18;;;/h4-6,8-13H,2-3,7H2,1H3;2*1H;/q-1;;;+2/p-2. The first-order valence-corrected chi connectivity index (χ1v) is 13.7. The molecule has 0 aliphatic carbocycles. The van der Waals surface area contributed by atoms with E-state index in [9.17, 15) is 0 Å². The van der Waals surface area contributed by atoms with E-state index >= 15 is 0 Å². The zero-order chi connectivity index (χ0) is 15.8. The van der Waals surface area contributed by atoms with Crippen LogP contribution in [0.4, 0.5) is 0 Å². The van der Waals surface area contributed by atoms with Crippen molar-refractivity contribution >= 4 is 27.8 Å². The van der Waals surface area contributed by atoms with E-state index in [0.717, 1.165) is 5.69 Å². The van der Waals surface area contributed by atoms with Gasteiger partial charge >= 0.3 is 37.9 Å². The molecule has 0 radical (unpaired) electrons. The van der Waals surface area contributed by atoms with Crippen LogP contribution in [0.15, 0.2) is 54.7 Å². The van der Waals surface area contributed by atoms with Gasteiger partial charge in [0.2, 0.25) is 0 Å². The van der Waals surface area contributed by atoms with Crippen LogP contribution in [-0.4, -0.2) is 4.98 Å². The number of rotatable bonds is 4. The Labute approximate surface area is 150 Å². The van der Waals surface area contributed by atoms with E-state index in [-0.39, 0.29) is 0 Å². The van der Waals surface area contributed by atoms with Gasteiger partial charge in [0.15, 0.2) is 0 Å². The molecule has 4 heteroatoms. The van der Waals surface area contributed by atoms with Crippen molar-refractivity contribution in [1.82, 2.24) is 4.98 Å². The van der Waals surface area contributed by atoms with E-state index in [2.05, 4.69) is 48.3 Å². The van der Waals surface area contributed by atoms with Crippen molar-refractivity contribution in [1.29, 1.82) is 0 Å². The molecule has 3 aromatic rings. The Bertz CT molecular complexity index is 695. The molecular formula is C18H18Cl2NZr-. The molecule has 1 nitrogen and oxygen atoms in total. The number of benzene rings is 1. The molecule has 0 amide bonds. The van der Waals surface area contributed by atoms with Crippen molar-refractivity contribution in [3.63, 3.8) is 0 Å². The average Bonchev–Trinajstić information content (AvgIpc) is 2.97. The molecule has 0 fully saturated rings. The summed E-state index contributed by atoms with van der Waals surface area (Å²) in [6.07, 6.45) is 5.53. The normalized spacial score (nSPS) is 10.1. The molecule has 0 spiro atoms. The Kier molecular flexibility index (Phi) is 7.73. The van der Waals surface area contributed by atoms with E-state index in [1.807, 2.05) is 18.3 Å². The maximum atomic E-state index is 4.93. The quantitative estimate of drug-likeness (QED) is 0.458. The molecular weight excluding hydrogens is 392 g/mol. The van der Waals surface area contributed by atoms with Gasteiger partial charge in [-0.15, -0.1) is 34.5 Å². The summed E-state index contributed by atoms with van der Waals surface area (Å²) in [4.78, 5) is 4.47. The van der Waals surface area contributed by atoms with Crippen LogP contribution in [0, 0.1) is 0 Å². The number of aromatic nitrogens is 1. The van der Waals surface area contributed by atoms with Crippen molar-refractivity contribution in [2.45, 2.75) is 26.2 Å². The third kappa shape index (κ3) is 4.72. The van der Waals surface area contributed by atoms with Crippen molar-refractivity contribution in [3.8, 4) is 11.3 Å². The van der Waals surface area contributed by atoms with E-state index in [1.165, 1.54) is 41.2 Å². The number of nitrogens with zero attached hydrogens (tertiary/aromatic N) is 1. The topological polar surface area (TPSA) is 12.9 Å². The van der Waals surface area contributed by atoms with E-state index in [4.69, 9.17) is 17.0 Å². The number of pyridine rings is 1. The monoisotopic (exact) mass is 408 g/mol. The number of aryl methyl sites for hydroxylation is 1. The maximum absolute atomic E-state index is 4.93.